The van der Waals surface area contributed by atoms with Crippen molar-refractivity contribution in [2.75, 3.05) is 13.2 Å². The molecule has 0 aliphatic rings. The van der Waals surface area contributed by atoms with Crippen LogP contribution in [0.2, 0.25) is 5.02 Å². The number of carbonyl (C=O) groups excluding carboxylic acids is 1. The van der Waals surface area contributed by atoms with Crippen molar-refractivity contribution in [1.29, 1.82) is 0 Å². The van der Waals surface area contributed by atoms with Gasteiger partial charge in [0.05, 0.1) is 17.3 Å². The fourth-order valence-corrected chi connectivity index (χ4v) is 2.40. The second-order valence-corrected chi connectivity index (χ2v) is 5.60. The summed E-state index contributed by atoms with van der Waals surface area (Å²) in [7, 11) is 0.803. The van der Waals surface area contributed by atoms with Crippen LogP contribution >= 0.6 is 11.6 Å². The fourth-order valence-electron chi connectivity index (χ4n) is 2.20. The van der Waals surface area contributed by atoms with Crippen molar-refractivity contribution in [1.82, 2.24) is 14.5 Å². The average Bonchev–Trinajstić information content (AvgIpc) is 2.57. The lowest BCUT2D eigenvalue weighted by atomic mass is 10.2. The molecule has 1 N–H and O–H groups in total. The molecule has 7 nitrogen and oxygen atoms in total. The van der Waals surface area contributed by atoms with Crippen molar-refractivity contribution in [3.63, 3.8) is 0 Å². The van der Waals surface area contributed by atoms with Gasteiger partial charge in [0.15, 0.2) is 0 Å². The minimum atomic E-state index is -4.94. The molecule has 0 aliphatic carbocycles. The normalized spacial score (nSPS) is 11.3. The number of hydrogen-bond acceptors (Lipinski definition) is 4. The van der Waals surface area contributed by atoms with Gasteiger partial charge in [-0.05, 0) is 6.07 Å². The first kappa shape index (κ1) is 20.5. The van der Waals surface area contributed by atoms with Crippen LogP contribution in [0.1, 0.15) is 5.69 Å². The average molecular weight is 410 g/mol. The molecule has 0 aliphatic heterocycles. The molecule has 1 heterocycles. The molecule has 0 spiro atoms. The van der Waals surface area contributed by atoms with Crippen LogP contribution in [0.4, 0.5) is 17.6 Å². The molecule has 1 aromatic heterocycles. The summed E-state index contributed by atoms with van der Waals surface area (Å²) in [5, 5.41) is 2.11. The highest BCUT2D eigenvalue weighted by atomic mass is 35.5. The molecule has 12 heteroatoms. The molecule has 1 aromatic carbocycles. The Morgan fingerprint density at radius 3 is 2.52 bits per heavy atom. The van der Waals surface area contributed by atoms with E-state index in [0.717, 1.165) is 19.2 Å². The number of nitrogens with one attached hydrogen (secondary N) is 1. The Morgan fingerprint density at radius 2 is 1.93 bits per heavy atom. The van der Waals surface area contributed by atoms with Crippen molar-refractivity contribution in [2.24, 2.45) is 7.05 Å². The number of rotatable bonds is 6. The molecule has 0 radical (unpaired) electrons. The Hall–Kier alpha value is -2.82. The van der Waals surface area contributed by atoms with E-state index in [1.54, 1.807) is 0 Å². The molecule has 0 saturated carbocycles. The number of alkyl halides is 3. The van der Waals surface area contributed by atoms with Gasteiger partial charge in [-0.1, -0.05) is 11.6 Å². The van der Waals surface area contributed by atoms with Crippen LogP contribution in [0.25, 0.3) is 5.69 Å². The van der Waals surface area contributed by atoms with E-state index in [9.17, 15) is 31.9 Å². The third kappa shape index (κ3) is 4.30. The number of amides is 1. The van der Waals surface area contributed by atoms with Gasteiger partial charge in [0.1, 0.15) is 23.9 Å². The zero-order chi connectivity index (χ0) is 20.4. The predicted molar refractivity (Wildman–Crippen MR) is 86.8 cm³/mol. The van der Waals surface area contributed by atoms with Crippen molar-refractivity contribution in [3.8, 4) is 11.4 Å². The number of nitrogens with zero attached hydrogens (tertiary/aromatic N) is 2. The second kappa shape index (κ2) is 7.82. The molecular weight excluding hydrogens is 398 g/mol. The van der Waals surface area contributed by atoms with Crippen LogP contribution < -0.4 is 21.3 Å². The molecule has 0 atom stereocenters. The van der Waals surface area contributed by atoms with E-state index in [2.05, 4.69) is 5.32 Å². The van der Waals surface area contributed by atoms with Crippen LogP contribution in [-0.4, -0.2) is 28.7 Å². The summed E-state index contributed by atoms with van der Waals surface area (Å²) >= 11 is 5.82. The highest BCUT2D eigenvalue weighted by Gasteiger charge is 2.35. The van der Waals surface area contributed by atoms with Gasteiger partial charge >= 0.3 is 11.9 Å². The highest BCUT2D eigenvalue weighted by molar-refractivity contribution is 6.32. The quantitative estimate of drug-likeness (QED) is 0.445. The van der Waals surface area contributed by atoms with Crippen molar-refractivity contribution in [3.05, 3.63) is 55.6 Å². The molecule has 27 heavy (non-hydrogen) atoms. The van der Waals surface area contributed by atoms with Crippen LogP contribution in [0.3, 0.4) is 0 Å². The van der Waals surface area contributed by atoms with Gasteiger partial charge < -0.3 is 10.1 Å². The Balaban J connectivity index is 2.58. The van der Waals surface area contributed by atoms with Gasteiger partial charge in [0.2, 0.25) is 6.41 Å². The van der Waals surface area contributed by atoms with Crippen LogP contribution in [-0.2, 0) is 18.0 Å². The maximum atomic E-state index is 14.3. The molecule has 0 saturated heterocycles. The first-order valence-electron chi connectivity index (χ1n) is 7.27. The van der Waals surface area contributed by atoms with E-state index in [0.29, 0.717) is 6.41 Å². The zero-order valence-electron chi connectivity index (χ0n) is 13.6. The predicted octanol–water partition coefficient (Wildman–Crippen LogP) is 1.47. The number of aromatic nitrogens is 2. The molecule has 0 unspecified atom stereocenters. The summed E-state index contributed by atoms with van der Waals surface area (Å²) in [6, 6.07) is 1.85. The topological polar surface area (TPSA) is 82.3 Å². The molecule has 146 valence electrons. The minimum Gasteiger partial charge on any atom is -0.490 e. The Labute approximate surface area is 153 Å². The summed E-state index contributed by atoms with van der Waals surface area (Å²) in [6.07, 6.45) is -4.52. The van der Waals surface area contributed by atoms with Crippen molar-refractivity contribution in [2.45, 2.75) is 6.18 Å². The van der Waals surface area contributed by atoms with Gasteiger partial charge in [-0.2, -0.15) is 13.2 Å². The smallest absolute Gasteiger partial charge is 0.431 e. The third-order valence-corrected chi connectivity index (χ3v) is 3.74. The largest absolute Gasteiger partial charge is 0.490 e. The maximum absolute atomic E-state index is 14.3. The molecule has 0 bridgehead atoms. The Kier molecular flexibility index (Phi) is 5.94. The van der Waals surface area contributed by atoms with E-state index in [1.165, 1.54) is 0 Å². The van der Waals surface area contributed by atoms with Gasteiger partial charge in [-0.15, -0.1) is 0 Å². The first-order chi connectivity index (χ1) is 12.6. The maximum Gasteiger partial charge on any atom is 0.431 e. The lowest BCUT2D eigenvalue weighted by Crippen LogP contribution is -2.41. The Bertz CT molecular complexity index is 985. The van der Waals surface area contributed by atoms with Gasteiger partial charge in [0, 0.05) is 19.2 Å². The summed E-state index contributed by atoms with van der Waals surface area (Å²) in [6.45, 7) is 0.0258. The van der Waals surface area contributed by atoms with Crippen LogP contribution in [0.15, 0.2) is 27.8 Å². The van der Waals surface area contributed by atoms with Gasteiger partial charge in [0.25, 0.3) is 5.56 Å². The number of ether oxygens (including phenoxy) is 1. The lowest BCUT2D eigenvalue weighted by Gasteiger charge is -2.15. The first-order valence-corrected chi connectivity index (χ1v) is 7.65. The SMILES string of the molecule is Cn1c(C(F)(F)F)cc(=O)n(-c2cc(OCCNC=O)c(Cl)cc2F)c1=O. The third-order valence-electron chi connectivity index (χ3n) is 3.44. The van der Waals surface area contributed by atoms with E-state index in [-0.39, 0.29) is 39.1 Å². The lowest BCUT2D eigenvalue weighted by molar-refractivity contribution is -0.144. The molecule has 0 fully saturated rings. The summed E-state index contributed by atoms with van der Waals surface area (Å²) < 4.78 is 58.6. The van der Waals surface area contributed by atoms with Crippen molar-refractivity contribution >= 4 is 18.0 Å². The van der Waals surface area contributed by atoms with Gasteiger partial charge in [-0.3, -0.25) is 14.2 Å². The second-order valence-electron chi connectivity index (χ2n) is 5.20. The number of benzene rings is 1. The fraction of sp³-hybridized carbons (Fsp3) is 0.267. The molecule has 2 rings (SSSR count). The minimum absolute atomic E-state index is 0.0660. The summed E-state index contributed by atoms with van der Waals surface area (Å²) in [5.41, 5.74) is -4.87. The van der Waals surface area contributed by atoms with E-state index in [4.69, 9.17) is 16.3 Å². The highest BCUT2D eigenvalue weighted by Crippen LogP contribution is 2.30. The van der Waals surface area contributed by atoms with E-state index in [1.807, 2.05) is 0 Å². The molecule has 1 amide bonds. The van der Waals surface area contributed by atoms with Crippen molar-refractivity contribution < 1.29 is 27.1 Å². The number of carbonyl (C=O) groups is 1. The summed E-state index contributed by atoms with van der Waals surface area (Å²) in [4.78, 5) is 34.5. The van der Waals surface area contributed by atoms with Crippen LogP contribution in [0, 0.1) is 5.82 Å². The monoisotopic (exact) mass is 409 g/mol. The van der Waals surface area contributed by atoms with E-state index >= 15 is 0 Å². The Morgan fingerprint density at radius 1 is 1.26 bits per heavy atom. The number of hydrogen-bond donors (Lipinski definition) is 1. The van der Waals surface area contributed by atoms with E-state index < -0.39 is 34.6 Å². The number of halogens is 5. The standard InChI is InChI=1S/C15H12ClF4N3O4/c1-22-12(15(18,19)20)6-13(25)23(14(22)26)10-5-11(8(16)4-9(10)17)27-3-2-21-7-24/h4-7H,2-3H2,1H3,(H,21,24). The van der Waals surface area contributed by atoms with Gasteiger partial charge in [-0.25, -0.2) is 13.8 Å². The zero-order valence-corrected chi connectivity index (χ0v) is 14.4. The molecule has 2 aromatic rings. The van der Waals surface area contributed by atoms with Crippen LogP contribution in [0.5, 0.6) is 5.75 Å². The molecular formula is C15H12ClF4N3O4. The summed E-state index contributed by atoms with van der Waals surface area (Å²) in [5.74, 6) is -1.24.